The van der Waals surface area contributed by atoms with Crippen molar-refractivity contribution in [3.8, 4) is 0 Å². The lowest BCUT2D eigenvalue weighted by Gasteiger charge is -2.68. The van der Waals surface area contributed by atoms with E-state index in [0.29, 0.717) is 34.8 Å². The van der Waals surface area contributed by atoms with Crippen LogP contribution in [0.1, 0.15) is 103 Å². The van der Waals surface area contributed by atoms with E-state index in [9.17, 15) is 24.3 Å². The van der Waals surface area contributed by atoms with Gasteiger partial charge in [0.2, 0.25) is 12.0 Å². The Labute approximate surface area is 398 Å². The molecule has 68 heavy (non-hydrogen) atoms. The second-order valence-electron chi connectivity index (χ2n) is 19.7. The van der Waals surface area contributed by atoms with E-state index in [1.165, 1.54) is 13.8 Å². The first-order chi connectivity index (χ1) is 32.3. The van der Waals surface area contributed by atoms with Crippen molar-refractivity contribution in [1.29, 1.82) is 0 Å². The van der Waals surface area contributed by atoms with E-state index in [1.54, 1.807) is 58.0 Å². The van der Waals surface area contributed by atoms with Crippen molar-refractivity contribution in [1.82, 2.24) is 0 Å². The average molecular weight is 950 g/mol. The number of benzene rings is 3. The van der Waals surface area contributed by atoms with Crippen molar-refractivity contribution in [2.45, 2.75) is 147 Å². The number of carbonyl (C=O) groups is 5. The summed E-state index contributed by atoms with van der Waals surface area (Å²) in [6, 6.07) is 28.0. The topological polar surface area (TPSA) is 183 Å². The Bertz CT molecular complexity index is 2480. The SMILES string of the molecule is CC[Si](CC)(CC)O[C@H]1C[C@H]2OC[C@@]2(OC(C)=O)[C@H]2[C@H](OC(=O)c3ccccc3)[C@]3(O)C[C@H](OC(=O)C4OC(c5ccccc5)=NC4c4ccccc4)C(C)=C([C@@H](OC(C)=O)C(=O)[C@]12C)C3(C)C. The zero-order valence-corrected chi connectivity index (χ0v) is 41.3. The molecule has 2 bridgehead atoms. The molecule has 362 valence electrons. The number of nitrogens with zero attached hydrogens (tertiary/aromatic N) is 1. The van der Waals surface area contributed by atoms with E-state index in [0.717, 1.165) is 0 Å². The quantitative estimate of drug-likeness (QED) is 0.0759. The molecule has 1 N–H and O–H groups in total. The summed E-state index contributed by atoms with van der Waals surface area (Å²) in [5.74, 6) is -4.83. The lowest BCUT2D eigenvalue weighted by Crippen LogP contribution is -2.82. The summed E-state index contributed by atoms with van der Waals surface area (Å²) < 4.78 is 45.8. The molecule has 5 aliphatic rings. The number of rotatable bonds is 13. The molecule has 11 atom stereocenters. The fraction of sp³-hybridized carbons (Fsp3) is 0.509. The van der Waals surface area contributed by atoms with Gasteiger partial charge in [-0.25, -0.2) is 14.6 Å². The van der Waals surface area contributed by atoms with Crippen LogP contribution < -0.4 is 0 Å². The molecule has 0 aromatic heterocycles. The molecule has 8 rings (SSSR count). The molecule has 0 amide bonds. The summed E-state index contributed by atoms with van der Waals surface area (Å²) in [5.41, 5.74) is -5.22. The molecule has 1 saturated heterocycles. The Balaban J connectivity index is 1.34. The molecule has 14 nitrogen and oxygen atoms in total. The Morgan fingerprint density at radius 3 is 1.99 bits per heavy atom. The minimum absolute atomic E-state index is 0.115. The summed E-state index contributed by atoms with van der Waals surface area (Å²) >= 11 is 0. The van der Waals surface area contributed by atoms with Crippen LogP contribution in [0, 0.1) is 16.7 Å². The van der Waals surface area contributed by atoms with Gasteiger partial charge in [0.25, 0.3) is 0 Å². The van der Waals surface area contributed by atoms with Gasteiger partial charge >= 0.3 is 23.9 Å². The lowest BCUT2D eigenvalue weighted by molar-refractivity contribution is -0.344. The summed E-state index contributed by atoms with van der Waals surface area (Å²) in [6.45, 7) is 15.2. The lowest BCUT2D eigenvalue weighted by atomic mass is 9.44. The number of Topliss-reactive ketones (excluding diaryl/α,β-unsaturated/α-hetero) is 1. The van der Waals surface area contributed by atoms with Crippen molar-refractivity contribution < 1.29 is 61.9 Å². The fourth-order valence-corrected chi connectivity index (χ4v) is 14.8. The van der Waals surface area contributed by atoms with Crippen molar-refractivity contribution in [3.63, 3.8) is 0 Å². The zero-order chi connectivity index (χ0) is 49.0. The van der Waals surface area contributed by atoms with E-state index in [-0.39, 0.29) is 36.5 Å². The monoisotopic (exact) mass is 949 g/mol. The molecule has 2 heterocycles. The van der Waals surface area contributed by atoms with Gasteiger partial charge in [-0.1, -0.05) is 101 Å². The van der Waals surface area contributed by atoms with Gasteiger partial charge in [0.15, 0.2) is 25.8 Å². The fourth-order valence-electron chi connectivity index (χ4n) is 11.9. The van der Waals surface area contributed by atoms with Crippen LogP contribution in [0.2, 0.25) is 18.1 Å². The van der Waals surface area contributed by atoms with Crippen LogP contribution in [0.5, 0.6) is 0 Å². The van der Waals surface area contributed by atoms with Crippen LogP contribution in [-0.4, -0.2) is 103 Å². The first-order valence-corrected chi connectivity index (χ1v) is 26.3. The molecule has 2 saturated carbocycles. The van der Waals surface area contributed by atoms with Gasteiger partial charge in [-0.2, -0.15) is 0 Å². The Kier molecular flexibility index (Phi) is 13.3. The molecule has 15 heteroatoms. The van der Waals surface area contributed by atoms with Gasteiger partial charge in [-0.3, -0.25) is 14.4 Å². The maximum absolute atomic E-state index is 16.4. The number of ketones is 1. The largest absolute Gasteiger partial charge is 0.459 e. The summed E-state index contributed by atoms with van der Waals surface area (Å²) in [6.07, 6.45) is -7.97. The number of esters is 4. The summed E-state index contributed by atoms with van der Waals surface area (Å²) in [4.78, 5) is 77.7. The molecule has 0 radical (unpaired) electrons. The van der Waals surface area contributed by atoms with Crippen LogP contribution in [0.25, 0.3) is 0 Å². The second kappa shape index (κ2) is 18.4. The van der Waals surface area contributed by atoms with Crippen LogP contribution in [0.15, 0.2) is 107 Å². The smallest absolute Gasteiger partial charge is 0.350 e. The van der Waals surface area contributed by atoms with E-state index in [4.69, 9.17) is 37.8 Å². The highest BCUT2D eigenvalue weighted by Crippen LogP contribution is 2.65. The Morgan fingerprint density at radius 2 is 1.43 bits per heavy atom. The number of carbonyl (C=O) groups excluding carboxylic acids is 5. The van der Waals surface area contributed by atoms with Crippen LogP contribution in [0.3, 0.4) is 0 Å². The van der Waals surface area contributed by atoms with Gasteiger partial charge in [-0.05, 0) is 73.0 Å². The van der Waals surface area contributed by atoms with Crippen molar-refractivity contribution in [3.05, 3.63) is 119 Å². The van der Waals surface area contributed by atoms with Gasteiger partial charge < -0.3 is 38.0 Å². The minimum atomic E-state index is -2.60. The second-order valence-corrected chi connectivity index (χ2v) is 24.4. The van der Waals surface area contributed by atoms with Gasteiger partial charge in [0.05, 0.1) is 29.6 Å². The van der Waals surface area contributed by atoms with Crippen LogP contribution >= 0.6 is 0 Å². The number of hydrogen-bond donors (Lipinski definition) is 1. The van der Waals surface area contributed by atoms with Gasteiger partial charge in [0.1, 0.15) is 30.0 Å². The molecule has 3 fully saturated rings. The number of aliphatic hydroxyl groups is 1. The third-order valence-corrected chi connectivity index (χ3v) is 20.6. The van der Waals surface area contributed by atoms with E-state index in [2.05, 4.69) is 20.8 Å². The van der Waals surface area contributed by atoms with Crippen LogP contribution in [0.4, 0.5) is 0 Å². The molecular formula is C53H63NO13Si. The number of ether oxygens (including phenoxy) is 6. The van der Waals surface area contributed by atoms with Crippen molar-refractivity contribution in [2.75, 3.05) is 6.61 Å². The summed E-state index contributed by atoms with van der Waals surface area (Å²) in [7, 11) is -2.60. The molecule has 3 aromatic carbocycles. The predicted octanol–water partition coefficient (Wildman–Crippen LogP) is 7.82. The molecule has 2 unspecified atom stereocenters. The van der Waals surface area contributed by atoms with Crippen molar-refractivity contribution >= 4 is 43.9 Å². The highest BCUT2D eigenvalue weighted by Gasteiger charge is 2.79. The Morgan fingerprint density at radius 1 is 0.824 bits per heavy atom. The minimum Gasteiger partial charge on any atom is -0.459 e. The zero-order valence-electron chi connectivity index (χ0n) is 40.3. The first-order valence-electron chi connectivity index (χ1n) is 23.8. The summed E-state index contributed by atoms with van der Waals surface area (Å²) in [5, 5.41) is 14.2. The van der Waals surface area contributed by atoms with Gasteiger partial charge in [0, 0.05) is 37.7 Å². The Hall–Kier alpha value is -5.48. The normalized spacial score (nSPS) is 32.7. The van der Waals surface area contributed by atoms with Gasteiger partial charge in [-0.15, -0.1) is 0 Å². The third kappa shape index (κ3) is 8.02. The predicted molar refractivity (Wildman–Crippen MR) is 252 cm³/mol. The number of fused-ring (bicyclic) bond motifs is 5. The van der Waals surface area contributed by atoms with Crippen molar-refractivity contribution in [2.24, 2.45) is 21.7 Å². The highest BCUT2D eigenvalue weighted by atomic mass is 28.4. The van der Waals surface area contributed by atoms with E-state index in [1.807, 2.05) is 60.7 Å². The molecule has 2 aliphatic heterocycles. The van der Waals surface area contributed by atoms with E-state index >= 15 is 4.79 Å². The molecule has 3 aliphatic carbocycles. The number of aliphatic imine (C=N–C) groups is 1. The maximum atomic E-state index is 16.4. The third-order valence-electron chi connectivity index (χ3n) is 15.9. The molecule has 3 aromatic rings. The maximum Gasteiger partial charge on any atom is 0.350 e. The first kappa shape index (κ1) is 49.0. The number of hydrogen-bond acceptors (Lipinski definition) is 14. The van der Waals surface area contributed by atoms with Crippen LogP contribution in [-0.2, 0) is 52.0 Å². The standard InChI is InChI=1S/C53H63NO13Si/c1-10-68(11-2,12-3)67-38-28-39-52(30-61-39,66-33(6)56)44-46(65-48(58)36-26-20-15-21-27-36)53(60)29-37(31(4)40(50(53,7)8)42(62-32(5)55)45(57)51(38,44)9)63-49(59)43-41(34-22-16-13-17-23-34)54-47(64-43)35-24-18-14-19-25-35/h13-27,37-39,41-44,46,60H,10-12,28-30H2,1-9H3/t37-,38-,39+,41?,42+,43?,44-,46-,51+,52-,53+/m0/s1. The average Bonchev–Trinajstić information content (AvgIpc) is 3.78. The highest BCUT2D eigenvalue weighted by molar-refractivity contribution is 6.73. The van der Waals surface area contributed by atoms with E-state index < -0.39 is 109 Å². The molecule has 0 spiro atoms. The molecular weight excluding hydrogens is 887 g/mol.